The Balaban J connectivity index is 1.70. The number of aliphatic hydroxyl groups excluding tert-OH is 1. The number of β-amino-alcohol motifs (C(OH)–C–C–N with tert-alkyl or cyclic N) is 1. The summed E-state index contributed by atoms with van der Waals surface area (Å²) in [4.78, 5) is 10.8. The monoisotopic (exact) mass is 401 g/mol. The highest BCUT2D eigenvalue weighted by Gasteiger charge is 2.31. The summed E-state index contributed by atoms with van der Waals surface area (Å²) in [7, 11) is 0. The lowest BCUT2D eigenvalue weighted by Crippen LogP contribution is -2.48. The molecule has 1 aromatic carbocycles. The van der Waals surface area contributed by atoms with E-state index in [2.05, 4.69) is 51.1 Å². The van der Waals surface area contributed by atoms with Gasteiger partial charge in [-0.1, -0.05) is 48.1 Å². The fourth-order valence-electron chi connectivity index (χ4n) is 3.78. The molecule has 0 amide bonds. The van der Waals surface area contributed by atoms with Gasteiger partial charge in [-0.25, -0.2) is 4.98 Å². The molecule has 1 aliphatic heterocycles. The summed E-state index contributed by atoms with van der Waals surface area (Å²) in [5.74, 6) is 0.938. The molecule has 0 saturated carbocycles. The summed E-state index contributed by atoms with van der Waals surface area (Å²) in [6, 6.07) is 8.50. The van der Waals surface area contributed by atoms with E-state index < -0.39 is 0 Å². The van der Waals surface area contributed by atoms with Crippen molar-refractivity contribution in [1.29, 1.82) is 0 Å². The normalized spacial score (nSPS) is 17.4. The largest absolute Gasteiger partial charge is 0.492 e. The van der Waals surface area contributed by atoms with Gasteiger partial charge < -0.3 is 10.2 Å². The minimum absolute atomic E-state index is 0.0320. The first-order valence-electron chi connectivity index (χ1n) is 9.81. The lowest BCUT2D eigenvalue weighted by atomic mass is 10.0. The first-order valence-corrected chi connectivity index (χ1v) is 10.6. The van der Waals surface area contributed by atoms with Crippen molar-refractivity contribution >= 4 is 16.3 Å². The second kappa shape index (κ2) is 8.16. The van der Waals surface area contributed by atoms with Crippen LogP contribution in [0.15, 0.2) is 24.3 Å². The van der Waals surface area contributed by atoms with Gasteiger partial charge in [0.25, 0.3) is 0 Å². The second-order valence-corrected chi connectivity index (χ2v) is 8.29. The second-order valence-electron chi connectivity index (χ2n) is 7.28. The van der Waals surface area contributed by atoms with Gasteiger partial charge in [0.05, 0.1) is 17.5 Å². The number of aromatic nitrogens is 3. The van der Waals surface area contributed by atoms with E-state index in [0.29, 0.717) is 6.54 Å². The van der Waals surface area contributed by atoms with Gasteiger partial charge in [0, 0.05) is 39.1 Å². The maximum absolute atomic E-state index is 11.0. The highest BCUT2D eigenvalue weighted by molar-refractivity contribution is 7.17. The molecule has 3 heterocycles. The van der Waals surface area contributed by atoms with Crippen LogP contribution in [0.5, 0.6) is 5.88 Å². The number of benzene rings is 1. The van der Waals surface area contributed by atoms with E-state index in [1.54, 1.807) is 4.52 Å². The van der Waals surface area contributed by atoms with Crippen molar-refractivity contribution in [3.05, 3.63) is 46.1 Å². The molecule has 1 unspecified atom stereocenters. The Morgan fingerprint density at radius 1 is 1.14 bits per heavy atom. The summed E-state index contributed by atoms with van der Waals surface area (Å²) >= 11 is 1.52. The van der Waals surface area contributed by atoms with Crippen molar-refractivity contribution in [2.45, 2.75) is 26.3 Å². The maximum atomic E-state index is 11.0. The first kappa shape index (κ1) is 19.3. The molecule has 3 aromatic rings. The lowest BCUT2D eigenvalue weighted by molar-refractivity contribution is 0.0945. The Kier molecular flexibility index (Phi) is 5.63. The molecule has 0 spiro atoms. The number of aliphatic hydroxyl groups is 1. The Bertz CT molecular complexity index is 928. The van der Waals surface area contributed by atoms with Crippen LogP contribution in [0.4, 0.5) is 0 Å². The number of rotatable bonds is 6. The molecule has 150 valence electrons. The zero-order chi connectivity index (χ0) is 19.7. The Labute approximate surface area is 168 Å². The summed E-state index contributed by atoms with van der Waals surface area (Å²) in [5, 5.41) is 24.6. The third-order valence-electron chi connectivity index (χ3n) is 5.39. The Morgan fingerprint density at radius 2 is 1.86 bits per heavy atom. The lowest BCUT2D eigenvalue weighted by Gasteiger charge is -2.39. The predicted octanol–water partition coefficient (Wildman–Crippen LogP) is 2.07. The molecule has 1 atom stereocenters. The molecule has 8 heteroatoms. The zero-order valence-corrected chi connectivity index (χ0v) is 17.2. The SMILES string of the molecule is CCc1nc2sc(C(c3ccc(C)cc3)N3CCN(CCO)CC3)c(O)n2n1. The van der Waals surface area contributed by atoms with Crippen LogP contribution in [0.2, 0.25) is 0 Å². The van der Waals surface area contributed by atoms with E-state index >= 15 is 0 Å². The highest BCUT2D eigenvalue weighted by atomic mass is 32.1. The van der Waals surface area contributed by atoms with E-state index in [1.807, 2.05) is 6.92 Å². The van der Waals surface area contributed by atoms with Crippen LogP contribution in [-0.4, -0.2) is 73.9 Å². The third-order valence-corrected chi connectivity index (χ3v) is 6.46. The molecule has 1 aliphatic rings. The molecular weight excluding hydrogens is 374 g/mol. The van der Waals surface area contributed by atoms with Crippen LogP contribution in [0.3, 0.4) is 0 Å². The molecule has 7 nitrogen and oxygen atoms in total. The van der Waals surface area contributed by atoms with Crippen LogP contribution < -0.4 is 0 Å². The molecule has 0 radical (unpaired) electrons. The van der Waals surface area contributed by atoms with Crippen LogP contribution in [0, 0.1) is 6.92 Å². The van der Waals surface area contributed by atoms with Gasteiger partial charge in [-0.2, -0.15) is 4.52 Å². The minimum atomic E-state index is -0.0320. The average Bonchev–Trinajstić information content (AvgIpc) is 3.24. The number of nitrogens with zero attached hydrogens (tertiary/aromatic N) is 5. The molecule has 2 aromatic heterocycles. The van der Waals surface area contributed by atoms with E-state index in [1.165, 1.54) is 16.9 Å². The van der Waals surface area contributed by atoms with Crippen molar-refractivity contribution in [2.24, 2.45) is 0 Å². The van der Waals surface area contributed by atoms with E-state index in [9.17, 15) is 10.2 Å². The van der Waals surface area contributed by atoms with Gasteiger partial charge in [0.15, 0.2) is 5.82 Å². The minimum Gasteiger partial charge on any atom is -0.492 e. The van der Waals surface area contributed by atoms with Gasteiger partial charge in [-0.3, -0.25) is 9.80 Å². The van der Waals surface area contributed by atoms with Gasteiger partial charge in [-0.05, 0) is 12.5 Å². The third kappa shape index (κ3) is 3.65. The zero-order valence-electron chi connectivity index (χ0n) is 16.4. The summed E-state index contributed by atoms with van der Waals surface area (Å²) in [5.41, 5.74) is 2.38. The van der Waals surface area contributed by atoms with Gasteiger partial charge >= 0.3 is 0 Å². The quantitative estimate of drug-likeness (QED) is 0.659. The van der Waals surface area contributed by atoms with E-state index in [-0.39, 0.29) is 18.5 Å². The summed E-state index contributed by atoms with van der Waals surface area (Å²) in [6.45, 7) is 8.57. The van der Waals surface area contributed by atoms with Crippen LogP contribution >= 0.6 is 11.3 Å². The smallest absolute Gasteiger partial charge is 0.230 e. The first-order chi connectivity index (χ1) is 13.6. The topological polar surface area (TPSA) is 77.1 Å². The van der Waals surface area contributed by atoms with Crippen molar-refractivity contribution in [2.75, 3.05) is 39.3 Å². The average molecular weight is 402 g/mol. The van der Waals surface area contributed by atoms with Crippen molar-refractivity contribution in [1.82, 2.24) is 24.4 Å². The molecule has 28 heavy (non-hydrogen) atoms. The van der Waals surface area contributed by atoms with Gasteiger partial charge in [0.1, 0.15) is 0 Å². The highest BCUT2D eigenvalue weighted by Crippen LogP contribution is 2.40. The Morgan fingerprint density at radius 3 is 2.46 bits per heavy atom. The molecule has 1 fully saturated rings. The predicted molar refractivity (Wildman–Crippen MR) is 110 cm³/mol. The van der Waals surface area contributed by atoms with Crippen molar-refractivity contribution in [3.8, 4) is 5.88 Å². The van der Waals surface area contributed by atoms with Crippen LogP contribution in [-0.2, 0) is 6.42 Å². The maximum Gasteiger partial charge on any atom is 0.230 e. The fraction of sp³-hybridized carbons (Fsp3) is 0.500. The summed E-state index contributed by atoms with van der Waals surface area (Å²) in [6.07, 6.45) is 0.747. The molecule has 1 saturated heterocycles. The number of aromatic hydroxyl groups is 1. The molecular formula is C20H27N5O2S. The number of fused-ring (bicyclic) bond motifs is 1. The summed E-state index contributed by atoms with van der Waals surface area (Å²) < 4.78 is 1.57. The number of thiazole rings is 1. The van der Waals surface area contributed by atoms with Crippen molar-refractivity contribution < 1.29 is 10.2 Å². The van der Waals surface area contributed by atoms with E-state index in [4.69, 9.17) is 0 Å². The molecule has 0 aliphatic carbocycles. The van der Waals surface area contributed by atoms with Crippen LogP contribution in [0.25, 0.3) is 4.96 Å². The fourth-order valence-corrected chi connectivity index (χ4v) is 4.92. The van der Waals surface area contributed by atoms with Crippen LogP contribution in [0.1, 0.15) is 34.8 Å². The number of hydrogen-bond donors (Lipinski definition) is 2. The van der Waals surface area contributed by atoms with Gasteiger partial charge in [-0.15, -0.1) is 5.10 Å². The molecule has 2 N–H and O–H groups in total. The number of hydrogen-bond acceptors (Lipinski definition) is 7. The van der Waals surface area contributed by atoms with Gasteiger partial charge in [0.2, 0.25) is 10.8 Å². The number of aryl methyl sites for hydroxylation is 2. The molecule has 0 bridgehead atoms. The number of piperazine rings is 1. The molecule has 4 rings (SSSR count). The Hall–Kier alpha value is -2.00. The standard InChI is InChI=1S/C20H27N5O2S/c1-3-16-21-20-25(22-16)19(27)18(28-20)17(15-6-4-14(2)5-7-15)24-10-8-23(9-11-24)12-13-26/h4-7,17,26-27H,3,8-13H2,1-2H3. The van der Waals surface area contributed by atoms with Crippen molar-refractivity contribution in [3.63, 3.8) is 0 Å². The van der Waals surface area contributed by atoms with E-state index in [0.717, 1.165) is 53.8 Å².